The Morgan fingerprint density at radius 3 is 2.33 bits per heavy atom. The molecule has 0 spiro atoms. The summed E-state index contributed by atoms with van der Waals surface area (Å²) >= 11 is 0. The third-order valence-corrected chi connectivity index (χ3v) is 5.41. The van der Waals surface area contributed by atoms with Crippen LogP contribution in [-0.4, -0.2) is 38.2 Å². The number of carbonyl (C=O) groups excluding carboxylic acids is 1. The second-order valence-corrected chi connectivity index (χ2v) is 8.03. The molecule has 0 aliphatic rings. The topological polar surface area (TPSA) is 103 Å². The largest absolute Gasteiger partial charge is 0.357 e. The molecule has 7 nitrogen and oxygen atoms in total. The summed E-state index contributed by atoms with van der Waals surface area (Å²) in [5.41, 5.74) is 1.44. The van der Waals surface area contributed by atoms with E-state index in [9.17, 15) is 13.2 Å². The van der Waals surface area contributed by atoms with Crippen LogP contribution < -0.4 is 10.2 Å². The van der Waals surface area contributed by atoms with Gasteiger partial charge in [0, 0.05) is 13.1 Å². The maximum Gasteiger partial charge on any atom is 0.239 e. The van der Waals surface area contributed by atoms with Gasteiger partial charge in [-0.25, -0.2) is 13.4 Å². The molecular weight excluding hydrogens is 364 g/mol. The van der Waals surface area contributed by atoms with E-state index in [1.165, 1.54) is 6.20 Å². The summed E-state index contributed by atoms with van der Waals surface area (Å²) in [5.74, 6) is -0.691. The number of pyridine rings is 1. The maximum absolute atomic E-state index is 12.2. The van der Waals surface area contributed by atoms with Crippen molar-refractivity contribution in [3.05, 3.63) is 53.7 Å². The van der Waals surface area contributed by atoms with Crippen molar-refractivity contribution in [2.45, 2.75) is 19.6 Å². The summed E-state index contributed by atoms with van der Waals surface area (Å²) in [6.45, 7) is 5.70. The Morgan fingerprint density at radius 2 is 1.81 bits per heavy atom. The second kappa shape index (κ2) is 9.14. The molecule has 0 aliphatic carbocycles. The van der Waals surface area contributed by atoms with Crippen LogP contribution >= 0.6 is 0 Å². The molecule has 0 radical (unpaired) electrons. The normalized spacial score (nSPS) is 10.9. The molecule has 1 aromatic carbocycles. The fourth-order valence-electron chi connectivity index (χ4n) is 2.57. The van der Waals surface area contributed by atoms with Gasteiger partial charge in [-0.1, -0.05) is 12.1 Å². The molecule has 2 aromatic rings. The number of amides is 1. The van der Waals surface area contributed by atoms with Crippen molar-refractivity contribution >= 4 is 27.2 Å². The molecular formula is C19H22N4O3S. The van der Waals surface area contributed by atoms with Crippen molar-refractivity contribution in [3.63, 3.8) is 0 Å². The highest BCUT2D eigenvalue weighted by Gasteiger charge is 2.18. The van der Waals surface area contributed by atoms with Crippen molar-refractivity contribution in [2.75, 3.05) is 29.1 Å². The van der Waals surface area contributed by atoms with Crippen molar-refractivity contribution in [3.8, 4) is 6.07 Å². The molecule has 2 rings (SSSR count). The van der Waals surface area contributed by atoms with E-state index >= 15 is 0 Å². The molecule has 0 saturated carbocycles. The molecule has 0 fully saturated rings. The monoisotopic (exact) mass is 386 g/mol. The molecule has 142 valence electrons. The van der Waals surface area contributed by atoms with Crippen LogP contribution in [0.5, 0.6) is 0 Å². The number of nitriles is 1. The van der Waals surface area contributed by atoms with Gasteiger partial charge in [0.05, 0.1) is 29.3 Å². The number of hydrogen-bond donors (Lipinski definition) is 1. The van der Waals surface area contributed by atoms with Gasteiger partial charge >= 0.3 is 0 Å². The van der Waals surface area contributed by atoms with Gasteiger partial charge in [-0.15, -0.1) is 0 Å². The van der Waals surface area contributed by atoms with Crippen molar-refractivity contribution in [2.24, 2.45) is 0 Å². The number of nitrogens with zero attached hydrogens (tertiary/aromatic N) is 3. The number of sulfone groups is 1. The average Bonchev–Trinajstić information content (AvgIpc) is 2.64. The third kappa shape index (κ3) is 6.08. The van der Waals surface area contributed by atoms with Gasteiger partial charge < -0.3 is 10.2 Å². The predicted octanol–water partition coefficient (Wildman–Crippen LogP) is 2.35. The smallest absolute Gasteiger partial charge is 0.239 e. The molecule has 0 aliphatic heterocycles. The first-order valence-electron chi connectivity index (χ1n) is 8.57. The third-order valence-electron chi connectivity index (χ3n) is 3.94. The molecule has 1 aromatic heterocycles. The lowest BCUT2D eigenvalue weighted by Crippen LogP contribution is -2.25. The fourth-order valence-corrected chi connectivity index (χ4v) is 3.85. The minimum atomic E-state index is -3.63. The number of aromatic nitrogens is 1. The van der Waals surface area contributed by atoms with Crippen LogP contribution in [0.2, 0.25) is 0 Å². The van der Waals surface area contributed by atoms with Crippen molar-refractivity contribution < 1.29 is 13.2 Å². The fraction of sp³-hybridized carbons (Fsp3) is 0.316. The van der Waals surface area contributed by atoms with Crippen LogP contribution in [0.1, 0.15) is 25.0 Å². The first-order valence-corrected chi connectivity index (χ1v) is 10.4. The zero-order chi connectivity index (χ0) is 19.9. The van der Waals surface area contributed by atoms with E-state index < -0.39 is 21.5 Å². The Hall–Kier alpha value is -2.92. The Labute approximate surface area is 159 Å². The quantitative estimate of drug-likeness (QED) is 0.747. The summed E-state index contributed by atoms with van der Waals surface area (Å²) in [6, 6.07) is 11.7. The highest BCUT2D eigenvalue weighted by Crippen LogP contribution is 2.14. The van der Waals surface area contributed by atoms with Crippen LogP contribution in [0.15, 0.2) is 42.6 Å². The Bertz CT molecular complexity index is 913. The molecule has 8 heteroatoms. The highest BCUT2D eigenvalue weighted by atomic mass is 32.2. The molecule has 0 bridgehead atoms. The molecule has 0 saturated heterocycles. The maximum atomic E-state index is 12.2. The Morgan fingerprint density at radius 1 is 1.15 bits per heavy atom. The Kier molecular flexibility index (Phi) is 6.91. The van der Waals surface area contributed by atoms with Crippen molar-refractivity contribution in [1.82, 2.24) is 4.98 Å². The minimum Gasteiger partial charge on any atom is -0.357 e. The summed E-state index contributed by atoms with van der Waals surface area (Å²) in [6.07, 6.45) is 1.51. The molecule has 0 atom stereocenters. The lowest BCUT2D eigenvalue weighted by Gasteiger charge is -2.19. The van der Waals surface area contributed by atoms with Gasteiger partial charge in [0.1, 0.15) is 11.6 Å². The Balaban J connectivity index is 1.96. The van der Waals surface area contributed by atoms with E-state index in [0.717, 1.165) is 18.9 Å². The summed E-state index contributed by atoms with van der Waals surface area (Å²) in [7, 11) is -3.63. The van der Waals surface area contributed by atoms with E-state index in [1.54, 1.807) is 36.4 Å². The summed E-state index contributed by atoms with van der Waals surface area (Å²) in [4.78, 5) is 18.4. The van der Waals surface area contributed by atoms with Gasteiger partial charge in [-0.2, -0.15) is 5.26 Å². The SMILES string of the molecule is CCN(CC)c1ccc(NC(=O)CS(=O)(=O)Cc2ccc(C#N)cc2)cn1. The van der Waals surface area contributed by atoms with Gasteiger partial charge in [0.2, 0.25) is 5.91 Å². The molecule has 1 N–H and O–H groups in total. The zero-order valence-corrected chi connectivity index (χ0v) is 16.2. The highest BCUT2D eigenvalue weighted by molar-refractivity contribution is 7.91. The number of benzene rings is 1. The van der Waals surface area contributed by atoms with Crippen LogP contribution in [-0.2, 0) is 20.4 Å². The van der Waals surface area contributed by atoms with Gasteiger partial charge in [-0.3, -0.25) is 4.79 Å². The van der Waals surface area contributed by atoms with E-state index in [1.807, 2.05) is 19.9 Å². The molecule has 0 unspecified atom stereocenters. The molecule has 1 heterocycles. The number of hydrogen-bond acceptors (Lipinski definition) is 6. The van der Waals surface area contributed by atoms with Gasteiger partial charge in [0.25, 0.3) is 0 Å². The number of rotatable bonds is 8. The standard InChI is InChI=1S/C19H22N4O3S/c1-3-23(4-2)18-10-9-17(12-21-18)22-19(24)14-27(25,26)13-16-7-5-15(11-20)6-8-16/h5-10,12H,3-4,13-14H2,1-2H3,(H,22,24). The van der Waals surface area contributed by atoms with E-state index in [4.69, 9.17) is 5.26 Å². The van der Waals surface area contributed by atoms with Crippen LogP contribution in [0.25, 0.3) is 0 Å². The van der Waals surface area contributed by atoms with E-state index in [2.05, 4.69) is 15.2 Å². The zero-order valence-electron chi connectivity index (χ0n) is 15.3. The van der Waals surface area contributed by atoms with Crippen LogP contribution in [0.3, 0.4) is 0 Å². The minimum absolute atomic E-state index is 0.259. The number of carbonyl (C=O) groups is 1. The van der Waals surface area contributed by atoms with E-state index in [0.29, 0.717) is 16.8 Å². The first kappa shape index (κ1) is 20.4. The lowest BCUT2D eigenvalue weighted by atomic mass is 10.2. The van der Waals surface area contributed by atoms with Gasteiger partial charge in [0.15, 0.2) is 9.84 Å². The molecule has 1 amide bonds. The predicted molar refractivity (Wildman–Crippen MR) is 105 cm³/mol. The average molecular weight is 386 g/mol. The van der Waals surface area contributed by atoms with Crippen molar-refractivity contribution in [1.29, 1.82) is 5.26 Å². The first-order chi connectivity index (χ1) is 12.9. The van der Waals surface area contributed by atoms with E-state index in [-0.39, 0.29) is 5.75 Å². The van der Waals surface area contributed by atoms with Crippen LogP contribution in [0.4, 0.5) is 11.5 Å². The number of nitrogens with one attached hydrogen (secondary N) is 1. The molecule has 27 heavy (non-hydrogen) atoms. The number of anilines is 2. The lowest BCUT2D eigenvalue weighted by molar-refractivity contribution is -0.113. The van der Waals surface area contributed by atoms with Gasteiger partial charge in [-0.05, 0) is 43.7 Å². The second-order valence-electron chi connectivity index (χ2n) is 5.97. The van der Waals surface area contributed by atoms with Crippen LogP contribution in [0, 0.1) is 11.3 Å². The summed E-state index contributed by atoms with van der Waals surface area (Å²) in [5, 5.41) is 11.3. The summed E-state index contributed by atoms with van der Waals surface area (Å²) < 4.78 is 24.5.